The van der Waals surface area contributed by atoms with Crippen molar-refractivity contribution >= 4 is 79.4 Å². The number of benzene rings is 9. The molecule has 0 unspecified atom stereocenters. The van der Waals surface area contributed by atoms with Crippen LogP contribution in [0.4, 0.5) is 11.4 Å². The summed E-state index contributed by atoms with van der Waals surface area (Å²) < 4.78 is 24.5. The number of hydrogen-bond acceptors (Lipinski definition) is 12. The maximum atomic E-state index is 14.0. The molecule has 16 heteroatoms. The predicted octanol–water partition coefficient (Wildman–Crippen LogP) is 13.7. The summed E-state index contributed by atoms with van der Waals surface area (Å²) in [6.45, 7) is 1.50. The Hall–Kier alpha value is -11.3. The Kier molecular flexibility index (Phi) is 12.3. The zero-order valence-electron chi connectivity index (χ0n) is 43.4. The zero-order chi connectivity index (χ0) is 55.3. The highest BCUT2D eigenvalue weighted by Crippen LogP contribution is 2.36. The van der Waals surface area contributed by atoms with E-state index >= 15 is 0 Å². The first kappa shape index (κ1) is 49.1. The molecule has 1 saturated heterocycles. The summed E-state index contributed by atoms with van der Waals surface area (Å²) in [5, 5.41) is 5.85. The lowest BCUT2D eigenvalue weighted by molar-refractivity contribution is 0.0535. The number of anilines is 2. The number of amides is 4. The van der Waals surface area contributed by atoms with Gasteiger partial charge in [-0.25, -0.2) is 19.9 Å². The zero-order valence-corrected chi connectivity index (χ0v) is 43.4. The van der Waals surface area contributed by atoms with E-state index in [2.05, 4.69) is 20.6 Å². The number of hydrogen-bond donors (Lipinski definition) is 2. The Balaban J connectivity index is 0.617. The molecule has 1 aliphatic rings. The summed E-state index contributed by atoms with van der Waals surface area (Å²) in [5.74, 6) is 0.651. The summed E-state index contributed by atoms with van der Waals surface area (Å²) >= 11 is 0. The quantitative estimate of drug-likeness (QED) is 0.124. The number of fused-ring (bicyclic) bond motifs is 4. The van der Waals surface area contributed by atoms with Crippen LogP contribution in [0.5, 0.6) is 0 Å². The molecule has 396 valence electrons. The maximum absolute atomic E-state index is 14.0. The molecule has 13 aromatic rings. The number of piperazine rings is 1. The third-order valence-electron chi connectivity index (χ3n) is 14.4. The second-order valence-electron chi connectivity index (χ2n) is 19.7. The van der Waals surface area contributed by atoms with Crippen LogP contribution in [0.15, 0.2) is 224 Å². The van der Waals surface area contributed by atoms with Crippen LogP contribution in [0.1, 0.15) is 41.4 Å². The molecule has 0 saturated carbocycles. The summed E-state index contributed by atoms with van der Waals surface area (Å²) in [6.07, 6.45) is 0. The van der Waals surface area contributed by atoms with Crippen molar-refractivity contribution in [3.8, 4) is 56.9 Å². The first-order valence-corrected chi connectivity index (χ1v) is 26.4. The second-order valence-corrected chi connectivity index (χ2v) is 19.7. The first-order valence-electron chi connectivity index (χ1n) is 26.4. The van der Waals surface area contributed by atoms with Gasteiger partial charge in [-0.2, -0.15) is 0 Å². The van der Waals surface area contributed by atoms with Gasteiger partial charge in [0.1, 0.15) is 22.1 Å². The molecule has 4 amide bonds. The molecular weight excluding hydrogens is 1030 g/mol. The number of para-hydroxylation sites is 5. The number of oxazole rings is 4. The van der Waals surface area contributed by atoms with Gasteiger partial charge in [-0.1, -0.05) is 66.7 Å². The molecule has 4 aromatic heterocycles. The van der Waals surface area contributed by atoms with Gasteiger partial charge in [0.05, 0.1) is 0 Å². The second kappa shape index (κ2) is 20.5. The van der Waals surface area contributed by atoms with Gasteiger partial charge in [-0.05, 0) is 145 Å². The van der Waals surface area contributed by atoms with Gasteiger partial charge < -0.3 is 38.1 Å². The van der Waals surface area contributed by atoms with Gasteiger partial charge in [0.15, 0.2) is 22.3 Å². The van der Waals surface area contributed by atoms with Crippen LogP contribution in [0.25, 0.3) is 101 Å². The van der Waals surface area contributed by atoms with E-state index in [-0.39, 0.29) is 23.6 Å². The molecule has 16 nitrogen and oxygen atoms in total. The minimum atomic E-state index is -0.340. The molecule has 14 rings (SSSR count). The Morgan fingerprint density at radius 3 is 1.22 bits per heavy atom. The molecule has 1 fully saturated rings. The standard InChI is InChI=1S/C66H44N8O8/c75-59(40-10-5-12-42(34-40)61-69-51-19-1-3-21-54(51)79-61)67-48-25-27-49(28-26-48)68-60(76)41-11-6-13-43(35-41)63-71-53-29-24-39(38-57(53)82-63)50-18-9-23-56-58(50)72-64(81-56)45-15-8-17-47(37-45)66(78)74-32-30-73(31-33-74)65(77)46-16-7-14-44(36-46)62-70-52-20-2-4-22-55(52)80-62/h1-29,34-38H,30-33H2,(H,67,75)(H,68,76). The molecule has 0 spiro atoms. The SMILES string of the molecule is O=C(Nc1ccc(NC(=O)c2cccc(-c3nc4ccc(-c5cccc6oc(-c7cccc(C(=O)N8CCN(C(=O)c9cccc(-c%10nc%11ccccc%11o%10)c9)CC8)c7)nc56)cc4o3)c2)cc1)c1cccc(-c2nc3ccccc3o2)c1. The lowest BCUT2D eigenvalue weighted by Crippen LogP contribution is -2.50. The van der Waals surface area contributed by atoms with E-state index in [0.29, 0.717) is 139 Å². The van der Waals surface area contributed by atoms with Crippen molar-refractivity contribution in [2.24, 2.45) is 0 Å². The van der Waals surface area contributed by atoms with E-state index in [1.54, 1.807) is 94.7 Å². The average Bonchev–Trinajstić information content (AvgIpc) is 4.52. The normalized spacial score (nSPS) is 12.6. The third kappa shape index (κ3) is 9.55. The van der Waals surface area contributed by atoms with Gasteiger partial charge in [0, 0.05) is 87.6 Å². The number of nitrogens with zero attached hydrogens (tertiary/aromatic N) is 6. The number of rotatable bonds is 11. The lowest BCUT2D eigenvalue weighted by Gasteiger charge is -2.35. The largest absolute Gasteiger partial charge is 0.436 e. The highest BCUT2D eigenvalue weighted by Gasteiger charge is 2.27. The highest BCUT2D eigenvalue weighted by molar-refractivity contribution is 6.07. The van der Waals surface area contributed by atoms with Gasteiger partial charge in [0.25, 0.3) is 23.6 Å². The Labute approximate surface area is 466 Å². The van der Waals surface area contributed by atoms with Crippen molar-refractivity contribution in [2.45, 2.75) is 0 Å². The van der Waals surface area contributed by atoms with Crippen LogP contribution in [-0.4, -0.2) is 79.5 Å². The van der Waals surface area contributed by atoms with Crippen LogP contribution < -0.4 is 10.6 Å². The average molecular weight is 1080 g/mol. The monoisotopic (exact) mass is 1080 g/mol. The summed E-state index contributed by atoms with van der Waals surface area (Å²) in [5.41, 5.74) is 12.4. The smallest absolute Gasteiger partial charge is 0.255 e. The van der Waals surface area contributed by atoms with Crippen molar-refractivity contribution in [1.82, 2.24) is 29.7 Å². The van der Waals surface area contributed by atoms with Gasteiger partial charge >= 0.3 is 0 Å². The molecule has 0 aliphatic carbocycles. The van der Waals surface area contributed by atoms with Crippen molar-refractivity contribution in [3.05, 3.63) is 229 Å². The molecule has 0 atom stereocenters. The molecular formula is C66H44N8O8. The third-order valence-corrected chi connectivity index (χ3v) is 14.4. The van der Waals surface area contributed by atoms with Crippen molar-refractivity contribution < 1.29 is 36.8 Å². The Morgan fingerprint density at radius 1 is 0.341 bits per heavy atom. The molecule has 2 N–H and O–H groups in total. The number of carbonyl (C=O) groups excluding carboxylic acids is 4. The van der Waals surface area contributed by atoms with Gasteiger partial charge in [-0.3, -0.25) is 19.2 Å². The molecule has 1 aliphatic heterocycles. The van der Waals surface area contributed by atoms with Gasteiger partial charge in [0.2, 0.25) is 23.6 Å². The Bertz CT molecular complexity index is 4600. The first-order chi connectivity index (χ1) is 40.2. The van der Waals surface area contributed by atoms with Crippen LogP contribution in [-0.2, 0) is 0 Å². The minimum absolute atomic E-state index is 0.122. The van der Waals surface area contributed by atoms with E-state index in [4.69, 9.17) is 27.6 Å². The van der Waals surface area contributed by atoms with Crippen LogP contribution >= 0.6 is 0 Å². The number of carbonyl (C=O) groups is 4. The summed E-state index contributed by atoms with van der Waals surface area (Å²) in [6, 6.07) is 61.9. The predicted molar refractivity (Wildman–Crippen MR) is 311 cm³/mol. The lowest BCUT2D eigenvalue weighted by atomic mass is 10.0. The van der Waals surface area contributed by atoms with Crippen molar-refractivity contribution in [1.29, 1.82) is 0 Å². The molecule has 0 radical (unpaired) electrons. The fourth-order valence-electron chi connectivity index (χ4n) is 10.2. The van der Waals surface area contributed by atoms with Crippen LogP contribution in [0, 0.1) is 0 Å². The van der Waals surface area contributed by atoms with Crippen molar-refractivity contribution in [3.63, 3.8) is 0 Å². The van der Waals surface area contributed by atoms with E-state index in [9.17, 15) is 19.2 Å². The van der Waals surface area contributed by atoms with Crippen LogP contribution in [0.2, 0.25) is 0 Å². The maximum Gasteiger partial charge on any atom is 0.255 e. The summed E-state index contributed by atoms with van der Waals surface area (Å²) in [4.78, 5) is 76.9. The fourth-order valence-corrected chi connectivity index (χ4v) is 10.2. The highest BCUT2D eigenvalue weighted by atomic mass is 16.4. The fraction of sp³-hybridized carbons (Fsp3) is 0.0606. The topological polar surface area (TPSA) is 203 Å². The number of nitrogens with one attached hydrogen (secondary N) is 2. The summed E-state index contributed by atoms with van der Waals surface area (Å²) in [7, 11) is 0. The number of aromatic nitrogens is 4. The van der Waals surface area contributed by atoms with E-state index in [1.807, 2.05) is 121 Å². The van der Waals surface area contributed by atoms with Crippen LogP contribution in [0.3, 0.4) is 0 Å². The van der Waals surface area contributed by atoms with E-state index in [0.717, 1.165) is 22.2 Å². The minimum Gasteiger partial charge on any atom is -0.436 e. The Morgan fingerprint density at radius 2 is 0.732 bits per heavy atom. The molecule has 0 bridgehead atoms. The van der Waals surface area contributed by atoms with E-state index < -0.39 is 0 Å². The molecule has 82 heavy (non-hydrogen) atoms. The van der Waals surface area contributed by atoms with Crippen molar-refractivity contribution in [2.75, 3.05) is 36.8 Å². The molecule has 9 aromatic carbocycles. The van der Waals surface area contributed by atoms with E-state index in [1.165, 1.54) is 0 Å². The molecule has 5 heterocycles. The van der Waals surface area contributed by atoms with Gasteiger partial charge in [-0.15, -0.1) is 0 Å².